The van der Waals surface area contributed by atoms with Crippen LogP contribution in [0.4, 0.5) is 10.5 Å². The molecule has 1 heterocycles. The van der Waals surface area contributed by atoms with Crippen molar-refractivity contribution >= 4 is 17.6 Å². The van der Waals surface area contributed by atoms with Gasteiger partial charge in [-0.15, -0.1) is 0 Å². The molecule has 100 valence electrons. The second kappa shape index (κ2) is 7.31. The first kappa shape index (κ1) is 14.0. The number of amides is 3. The first-order valence-electron chi connectivity index (χ1n) is 5.93. The summed E-state index contributed by atoms with van der Waals surface area (Å²) in [5.74, 6) is -0.0635. The van der Waals surface area contributed by atoms with Crippen molar-refractivity contribution in [2.75, 3.05) is 18.4 Å². The molecule has 0 aliphatic rings. The summed E-state index contributed by atoms with van der Waals surface area (Å²) >= 11 is 0. The van der Waals surface area contributed by atoms with Crippen molar-refractivity contribution in [2.24, 2.45) is 0 Å². The van der Waals surface area contributed by atoms with E-state index in [1.807, 2.05) is 6.92 Å². The zero-order chi connectivity index (χ0) is 13.4. The van der Waals surface area contributed by atoms with Crippen LogP contribution < -0.4 is 16.0 Å². The molecule has 7 heteroatoms. The predicted molar refractivity (Wildman–Crippen MR) is 68.2 cm³/mol. The first-order valence-corrected chi connectivity index (χ1v) is 5.93. The highest BCUT2D eigenvalue weighted by atomic mass is 16.2. The van der Waals surface area contributed by atoms with Crippen LogP contribution in [0.3, 0.4) is 0 Å². The van der Waals surface area contributed by atoms with Crippen LogP contribution >= 0.6 is 0 Å². The minimum Gasteiger partial charge on any atom is -0.356 e. The highest BCUT2D eigenvalue weighted by Crippen LogP contribution is 2.03. The van der Waals surface area contributed by atoms with Gasteiger partial charge in [0.15, 0.2) is 0 Å². The van der Waals surface area contributed by atoms with Gasteiger partial charge in [0, 0.05) is 32.8 Å². The Bertz CT molecular complexity index is 402. The third-order valence-corrected chi connectivity index (χ3v) is 2.23. The Morgan fingerprint density at radius 2 is 2.06 bits per heavy atom. The molecular formula is C11H19N5O2. The summed E-state index contributed by atoms with van der Waals surface area (Å²) in [6, 6.07) is -0.270. The van der Waals surface area contributed by atoms with Crippen LogP contribution in [0.25, 0.3) is 0 Å². The molecule has 3 N–H and O–H groups in total. The normalized spacial score (nSPS) is 9.89. The summed E-state index contributed by atoms with van der Waals surface area (Å²) in [6.45, 7) is 5.27. The van der Waals surface area contributed by atoms with Gasteiger partial charge in [-0.3, -0.25) is 9.48 Å². The van der Waals surface area contributed by atoms with Crippen molar-refractivity contribution < 1.29 is 9.59 Å². The van der Waals surface area contributed by atoms with Crippen molar-refractivity contribution in [1.82, 2.24) is 20.4 Å². The SMILES string of the molecule is CCn1cc(NC(=O)NCCCNC(C)=O)cn1. The number of hydrogen-bond donors (Lipinski definition) is 3. The van der Waals surface area contributed by atoms with E-state index < -0.39 is 0 Å². The fourth-order valence-electron chi connectivity index (χ4n) is 1.33. The molecule has 0 atom stereocenters. The Hall–Kier alpha value is -2.05. The van der Waals surface area contributed by atoms with Crippen LogP contribution in [0, 0.1) is 0 Å². The molecule has 1 aromatic rings. The second-order valence-electron chi connectivity index (χ2n) is 3.80. The topological polar surface area (TPSA) is 88.0 Å². The van der Waals surface area contributed by atoms with Gasteiger partial charge >= 0.3 is 6.03 Å². The molecule has 1 rings (SSSR count). The summed E-state index contributed by atoms with van der Waals surface area (Å²) in [4.78, 5) is 22.1. The van der Waals surface area contributed by atoms with E-state index in [1.165, 1.54) is 6.92 Å². The Labute approximate surface area is 106 Å². The summed E-state index contributed by atoms with van der Waals surface area (Å²) in [5, 5.41) is 12.1. The van der Waals surface area contributed by atoms with Crippen molar-refractivity contribution in [3.8, 4) is 0 Å². The average molecular weight is 253 g/mol. The maximum atomic E-state index is 11.5. The maximum absolute atomic E-state index is 11.5. The third kappa shape index (κ3) is 5.33. The van der Waals surface area contributed by atoms with Crippen molar-refractivity contribution in [1.29, 1.82) is 0 Å². The fourth-order valence-corrected chi connectivity index (χ4v) is 1.33. The van der Waals surface area contributed by atoms with Crippen LogP contribution in [-0.2, 0) is 11.3 Å². The minimum absolute atomic E-state index is 0.0635. The summed E-state index contributed by atoms with van der Waals surface area (Å²) in [6.07, 6.45) is 4.05. The number of urea groups is 1. The third-order valence-electron chi connectivity index (χ3n) is 2.23. The van der Waals surface area contributed by atoms with E-state index in [0.717, 1.165) is 6.54 Å². The number of anilines is 1. The van der Waals surface area contributed by atoms with E-state index >= 15 is 0 Å². The molecule has 0 bridgehead atoms. The Balaban J connectivity index is 2.15. The van der Waals surface area contributed by atoms with Gasteiger partial charge in [-0.05, 0) is 13.3 Å². The van der Waals surface area contributed by atoms with Crippen molar-refractivity contribution in [2.45, 2.75) is 26.8 Å². The standard InChI is InChI=1S/C11H19N5O2/c1-3-16-8-10(7-14-16)15-11(18)13-6-4-5-12-9(2)17/h7-8H,3-6H2,1-2H3,(H,12,17)(H2,13,15,18). The molecule has 0 unspecified atom stereocenters. The van der Waals surface area contributed by atoms with E-state index in [0.29, 0.717) is 25.2 Å². The van der Waals surface area contributed by atoms with Gasteiger partial charge in [0.25, 0.3) is 0 Å². The molecule has 0 saturated heterocycles. The van der Waals surface area contributed by atoms with Gasteiger partial charge in [0.1, 0.15) is 0 Å². The van der Waals surface area contributed by atoms with E-state index in [-0.39, 0.29) is 11.9 Å². The molecule has 0 radical (unpaired) electrons. The summed E-state index contributed by atoms with van der Waals surface area (Å²) in [5.41, 5.74) is 0.663. The van der Waals surface area contributed by atoms with E-state index in [2.05, 4.69) is 21.0 Å². The quantitative estimate of drug-likeness (QED) is 0.647. The van der Waals surface area contributed by atoms with Gasteiger partial charge in [-0.25, -0.2) is 4.79 Å². The molecule has 0 fully saturated rings. The Morgan fingerprint density at radius 1 is 1.33 bits per heavy atom. The molecular weight excluding hydrogens is 234 g/mol. The lowest BCUT2D eigenvalue weighted by Gasteiger charge is -2.06. The molecule has 0 aromatic carbocycles. The van der Waals surface area contributed by atoms with E-state index in [4.69, 9.17) is 0 Å². The lowest BCUT2D eigenvalue weighted by Crippen LogP contribution is -2.31. The van der Waals surface area contributed by atoms with Gasteiger partial charge in [-0.1, -0.05) is 0 Å². The maximum Gasteiger partial charge on any atom is 0.319 e. The zero-order valence-electron chi connectivity index (χ0n) is 10.7. The van der Waals surface area contributed by atoms with Crippen molar-refractivity contribution in [3.05, 3.63) is 12.4 Å². The van der Waals surface area contributed by atoms with Crippen molar-refractivity contribution in [3.63, 3.8) is 0 Å². The lowest BCUT2D eigenvalue weighted by molar-refractivity contribution is -0.118. The van der Waals surface area contributed by atoms with E-state index in [9.17, 15) is 9.59 Å². The second-order valence-corrected chi connectivity index (χ2v) is 3.80. The highest BCUT2D eigenvalue weighted by molar-refractivity contribution is 5.88. The fraction of sp³-hybridized carbons (Fsp3) is 0.545. The Morgan fingerprint density at radius 3 is 2.67 bits per heavy atom. The molecule has 7 nitrogen and oxygen atoms in total. The molecule has 0 spiro atoms. The number of nitrogens with one attached hydrogen (secondary N) is 3. The molecule has 0 saturated carbocycles. The van der Waals surface area contributed by atoms with Crippen LogP contribution in [0.2, 0.25) is 0 Å². The number of aromatic nitrogens is 2. The van der Waals surface area contributed by atoms with Crippen LogP contribution in [0.1, 0.15) is 20.3 Å². The summed E-state index contributed by atoms with van der Waals surface area (Å²) < 4.78 is 1.73. The minimum atomic E-state index is -0.270. The molecule has 0 aliphatic carbocycles. The first-order chi connectivity index (χ1) is 8.61. The summed E-state index contributed by atoms with van der Waals surface area (Å²) in [7, 11) is 0. The molecule has 3 amide bonds. The molecule has 18 heavy (non-hydrogen) atoms. The van der Waals surface area contributed by atoms with Gasteiger partial charge in [-0.2, -0.15) is 5.10 Å². The van der Waals surface area contributed by atoms with E-state index in [1.54, 1.807) is 17.1 Å². The smallest absolute Gasteiger partial charge is 0.319 e. The average Bonchev–Trinajstić information content (AvgIpc) is 2.76. The number of hydrogen-bond acceptors (Lipinski definition) is 3. The van der Waals surface area contributed by atoms with Gasteiger partial charge < -0.3 is 16.0 Å². The molecule has 0 aliphatic heterocycles. The van der Waals surface area contributed by atoms with Crippen LogP contribution in [0.5, 0.6) is 0 Å². The molecule has 1 aromatic heterocycles. The Kier molecular flexibility index (Phi) is 5.69. The largest absolute Gasteiger partial charge is 0.356 e. The van der Waals surface area contributed by atoms with Gasteiger partial charge in [0.2, 0.25) is 5.91 Å². The number of carbonyl (C=O) groups excluding carboxylic acids is 2. The number of rotatable bonds is 6. The lowest BCUT2D eigenvalue weighted by atomic mass is 10.4. The van der Waals surface area contributed by atoms with Crippen LogP contribution in [-0.4, -0.2) is 34.8 Å². The zero-order valence-corrected chi connectivity index (χ0v) is 10.7. The number of nitrogens with zero attached hydrogens (tertiary/aromatic N) is 2. The number of carbonyl (C=O) groups is 2. The number of aryl methyl sites for hydroxylation is 1. The van der Waals surface area contributed by atoms with Crippen LogP contribution in [0.15, 0.2) is 12.4 Å². The monoisotopic (exact) mass is 253 g/mol. The predicted octanol–water partition coefficient (Wildman–Crippen LogP) is 0.551. The highest BCUT2D eigenvalue weighted by Gasteiger charge is 2.02. The van der Waals surface area contributed by atoms with Gasteiger partial charge in [0.05, 0.1) is 11.9 Å².